The van der Waals surface area contributed by atoms with Gasteiger partial charge in [-0.25, -0.2) is 9.18 Å². The fourth-order valence-electron chi connectivity index (χ4n) is 1.85. The van der Waals surface area contributed by atoms with Crippen LogP contribution in [0.1, 0.15) is 18.9 Å². The van der Waals surface area contributed by atoms with Crippen LogP contribution in [0.3, 0.4) is 0 Å². The van der Waals surface area contributed by atoms with E-state index in [2.05, 4.69) is 10.2 Å². The first-order chi connectivity index (χ1) is 11.1. The van der Waals surface area contributed by atoms with Gasteiger partial charge in [-0.15, -0.1) is 10.2 Å². The average Bonchev–Trinajstić information content (AvgIpc) is 3.06. The molecule has 0 radical (unpaired) electrons. The molecule has 0 saturated carbocycles. The Balaban J connectivity index is 1.68. The maximum Gasteiger partial charge on any atom is 0.377 e. The monoisotopic (exact) mass is 320 g/mol. The van der Waals surface area contributed by atoms with Crippen molar-refractivity contribution in [3.63, 3.8) is 0 Å². The van der Waals surface area contributed by atoms with Crippen LogP contribution in [0.5, 0.6) is 0 Å². The van der Waals surface area contributed by atoms with Gasteiger partial charge in [0.25, 0.3) is 5.89 Å². The molecule has 1 atom stereocenters. The minimum Gasteiger partial charge on any atom is -0.493 e. The number of rotatable bonds is 4. The SMILES string of the molecule is C[C@@H](OC(=O)C1=COCCO1)c1nnc(-c2ccc(F)cc2)o1. The lowest BCUT2D eigenvalue weighted by atomic mass is 10.2. The van der Waals surface area contributed by atoms with Gasteiger partial charge in [0.15, 0.2) is 6.10 Å². The van der Waals surface area contributed by atoms with Gasteiger partial charge >= 0.3 is 5.97 Å². The molecule has 7 nitrogen and oxygen atoms in total. The smallest absolute Gasteiger partial charge is 0.377 e. The first-order valence-corrected chi connectivity index (χ1v) is 6.88. The van der Waals surface area contributed by atoms with Crippen molar-refractivity contribution in [1.82, 2.24) is 10.2 Å². The molecule has 120 valence electrons. The van der Waals surface area contributed by atoms with Gasteiger partial charge in [-0.05, 0) is 31.2 Å². The zero-order valence-electron chi connectivity index (χ0n) is 12.2. The molecule has 8 heteroatoms. The molecule has 1 aliphatic rings. The minimum atomic E-state index is -0.768. The third-order valence-corrected chi connectivity index (χ3v) is 3.01. The van der Waals surface area contributed by atoms with Crippen LogP contribution in [0.2, 0.25) is 0 Å². The summed E-state index contributed by atoms with van der Waals surface area (Å²) in [6.07, 6.45) is 0.437. The lowest BCUT2D eigenvalue weighted by molar-refractivity contribution is -0.150. The normalized spacial score (nSPS) is 15.1. The lowest BCUT2D eigenvalue weighted by Gasteiger charge is -2.15. The first kappa shape index (κ1) is 15.0. The average molecular weight is 320 g/mol. The van der Waals surface area contributed by atoms with Crippen molar-refractivity contribution < 1.29 is 27.8 Å². The number of aromatic nitrogens is 2. The summed E-state index contributed by atoms with van der Waals surface area (Å²) in [6, 6.07) is 5.60. The maximum atomic E-state index is 12.9. The number of benzene rings is 1. The van der Waals surface area contributed by atoms with Crippen molar-refractivity contribution in [3.8, 4) is 11.5 Å². The van der Waals surface area contributed by atoms with E-state index in [9.17, 15) is 9.18 Å². The Morgan fingerprint density at radius 2 is 2.04 bits per heavy atom. The molecule has 23 heavy (non-hydrogen) atoms. The fraction of sp³-hybridized carbons (Fsp3) is 0.267. The Kier molecular flexibility index (Phi) is 4.22. The van der Waals surface area contributed by atoms with Crippen LogP contribution in [-0.4, -0.2) is 29.4 Å². The van der Waals surface area contributed by atoms with E-state index in [0.29, 0.717) is 12.2 Å². The van der Waals surface area contributed by atoms with Gasteiger partial charge in [-0.1, -0.05) is 0 Å². The molecule has 2 heterocycles. The van der Waals surface area contributed by atoms with E-state index in [-0.39, 0.29) is 30.0 Å². The Morgan fingerprint density at radius 3 is 2.74 bits per heavy atom. The Hall–Kier alpha value is -2.90. The topological polar surface area (TPSA) is 83.7 Å². The summed E-state index contributed by atoms with van der Waals surface area (Å²) < 4.78 is 33.6. The van der Waals surface area contributed by atoms with E-state index in [1.165, 1.54) is 30.5 Å². The zero-order chi connectivity index (χ0) is 16.2. The van der Waals surface area contributed by atoms with Gasteiger partial charge in [0.2, 0.25) is 11.6 Å². The van der Waals surface area contributed by atoms with Gasteiger partial charge in [-0.2, -0.15) is 0 Å². The van der Waals surface area contributed by atoms with E-state index in [1.54, 1.807) is 6.92 Å². The molecule has 1 aromatic heterocycles. The van der Waals surface area contributed by atoms with Gasteiger partial charge in [0.05, 0.1) is 0 Å². The summed E-state index contributed by atoms with van der Waals surface area (Å²) >= 11 is 0. The number of carbonyl (C=O) groups excluding carboxylic acids is 1. The molecule has 1 aliphatic heterocycles. The van der Waals surface area contributed by atoms with Crippen LogP contribution in [0.4, 0.5) is 4.39 Å². The van der Waals surface area contributed by atoms with Crippen LogP contribution in [0.15, 0.2) is 40.7 Å². The number of carbonyl (C=O) groups is 1. The molecule has 3 rings (SSSR count). The first-order valence-electron chi connectivity index (χ1n) is 6.88. The highest BCUT2D eigenvalue weighted by Gasteiger charge is 2.23. The van der Waals surface area contributed by atoms with E-state index in [0.717, 1.165) is 0 Å². The largest absolute Gasteiger partial charge is 0.493 e. The molecule has 0 unspecified atom stereocenters. The highest BCUT2D eigenvalue weighted by molar-refractivity contribution is 5.86. The van der Waals surface area contributed by atoms with E-state index < -0.39 is 12.1 Å². The van der Waals surface area contributed by atoms with Gasteiger partial charge < -0.3 is 18.6 Å². The third kappa shape index (κ3) is 3.47. The van der Waals surface area contributed by atoms with Crippen LogP contribution < -0.4 is 0 Å². The van der Waals surface area contributed by atoms with E-state index in [1.807, 2.05) is 0 Å². The summed E-state index contributed by atoms with van der Waals surface area (Å²) in [4.78, 5) is 11.9. The van der Waals surface area contributed by atoms with Crippen LogP contribution >= 0.6 is 0 Å². The number of ether oxygens (including phenoxy) is 3. The number of hydrogen-bond donors (Lipinski definition) is 0. The molecule has 1 aromatic carbocycles. The summed E-state index contributed by atoms with van der Waals surface area (Å²) in [7, 11) is 0. The van der Waals surface area contributed by atoms with Crippen LogP contribution in [0.25, 0.3) is 11.5 Å². The Morgan fingerprint density at radius 1 is 1.26 bits per heavy atom. The van der Waals surface area contributed by atoms with Crippen LogP contribution in [0, 0.1) is 5.82 Å². The van der Waals surface area contributed by atoms with Crippen molar-refractivity contribution in [3.05, 3.63) is 48.0 Å². The minimum absolute atomic E-state index is 0.0126. The second kappa shape index (κ2) is 6.47. The number of halogens is 1. The highest BCUT2D eigenvalue weighted by Crippen LogP contribution is 2.23. The molecule has 0 spiro atoms. The summed E-state index contributed by atoms with van der Waals surface area (Å²) in [5, 5.41) is 7.69. The predicted octanol–water partition coefficient (Wildman–Crippen LogP) is 2.37. The molecule has 0 N–H and O–H groups in total. The van der Waals surface area contributed by atoms with Gasteiger partial charge in [0, 0.05) is 5.56 Å². The molecule has 0 fully saturated rings. The quantitative estimate of drug-likeness (QED) is 0.800. The van der Waals surface area contributed by atoms with E-state index in [4.69, 9.17) is 18.6 Å². The molecule has 0 bridgehead atoms. The lowest BCUT2D eigenvalue weighted by Crippen LogP contribution is -2.18. The zero-order valence-corrected chi connectivity index (χ0v) is 12.2. The van der Waals surface area contributed by atoms with Gasteiger partial charge in [0.1, 0.15) is 25.3 Å². The van der Waals surface area contributed by atoms with Crippen LogP contribution in [-0.2, 0) is 19.0 Å². The molecular weight excluding hydrogens is 307 g/mol. The molecule has 2 aromatic rings. The van der Waals surface area contributed by atoms with E-state index >= 15 is 0 Å². The number of nitrogens with zero attached hydrogens (tertiary/aromatic N) is 2. The molecular formula is C15H13FN2O5. The molecule has 0 saturated heterocycles. The van der Waals surface area contributed by atoms with Gasteiger partial charge in [-0.3, -0.25) is 0 Å². The number of hydrogen-bond acceptors (Lipinski definition) is 7. The Bertz CT molecular complexity index is 726. The standard InChI is InChI=1S/C15H13FN2O5/c1-9(22-15(19)12-8-20-6-7-21-12)13-17-18-14(23-13)10-2-4-11(16)5-3-10/h2-5,8-9H,6-7H2,1H3/t9-/m1/s1. The van der Waals surface area contributed by atoms with Crippen molar-refractivity contribution in [2.75, 3.05) is 13.2 Å². The summed E-state index contributed by atoms with van der Waals surface area (Å²) in [5.41, 5.74) is 0.565. The second-order valence-corrected chi connectivity index (χ2v) is 4.70. The van der Waals surface area contributed by atoms with Crippen molar-refractivity contribution in [2.45, 2.75) is 13.0 Å². The highest BCUT2D eigenvalue weighted by atomic mass is 19.1. The fourth-order valence-corrected chi connectivity index (χ4v) is 1.85. The maximum absolute atomic E-state index is 12.9. The summed E-state index contributed by atoms with van der Waals surface area (Å²) in [6.45, 7) is 2.26. The second-order valence-electron chi connectivity index (χ2n) is 4.70. The molecule has 0 aliphatic carbocycles. The van der Waals surface area contributed by atoms with Crippen molar-refractivity contribution in [2.24, 2.45) is 0 Å². The third-order valence-electron chi connectivity index (χ3n) is 3.01. The number of esters is 1. The predicted molar refractivity (Wildman–Crippen MR) is 74.2 cm³/mol. The summed E-state index contributed by atoms with van der Waals surface area (Å²) in [5.74, 6) is -0.728. The Labute approximate surface area is 130 Å². The molecule has 0 amide bonds. The van der Waals surface area contributed by atoms with Crippen molar-refractivity contribution in [1.29, 1.82) is 0 Å². The van der Waals surface area contributed by atoms with Crippen molar-refractivity contribution >= 4 is 5.97 Å².